The normalized spacial score (nSPS) is 24.8. The summed E-state index contributed by atoms with van der Waals surface area (Å²) in [5.74, 6) is -0.120. The molecule has 2 aromatic carbocycles. The molecule has 0 spiro atoms. The first kappa shape index (κ1) is 37.1. The second kappa shape index (κ2) is 15.3. The molecule has 3 aliphatic rings. The molecule has 12 heteroatoms. The summed E-state index contributed by atoms with van der Waals surface area (Å²) in [4.78, 5) is 18.0. The first-order valence-corrected chi connectivity index (χ1v) is 20.9. The van der Waals surface area contributed by atoms with Crippen molar-refractivity contribution in [3.8, 4) is 6.01 Å². The third-order valence-electron chi connectivity index (χ3n) is 10.9. The van der Waals surface area contributed by atoms with Gasteiger partial charge >= 0.3 is 6.01 Å². The number of hydrogen-bond acceptors (Lipinski definition) is 9. The van der Waals surface area contributed by atoms with E-state index in [4.69, 9.17) is 35.2 Å². The maximum Gasteiger partial charge on any atom is 0.319 e. The second-order valence-electron chi connectivity index (χ2n) is 15.9. The van der Waals surface area contributed by atoms with E-state index in [0.29, 0.717) is 24.4 Å². The molecule has 4 aromatic rings. The molecule has 0 saturated carbocycles. The second-order valence-corrected chi connectivity index (χ2v) is 20.5. The predicted molar refractivity (Wildman–Crippen MR) is 206 cm³/mol. The zero-order valence-electron chi connectivity index (χ0n) is 31.0. The van der Waals surface area contributed by atoms with Crippen LogP contribution in [-0.2, 0) is 13.9 Å². The number of benzene rings is 2. The van der Waals surface area contributed by atoms with Gasteiger partial charge in [-0.2, -0.15) is 9.97 Å². The fourth-order valence-electron chi connectivity index (χ4n) is 8.33. The molecule has 0 bridgehead atoms. The topological polar surface area (TPSA) is 82.1 Å². The molecule has 7 rings (SSSR count). The third-order valence-corrected chi connectivity index (χ3v) is 16.3. The van der Waals surface area contributed by atoms with Crippen LogP contribution >= 0.6 is 11.6 Å². The molecule has 52 heavy (non-hydrogen) atoms. The van der Waals surface area contributed by atoms with Gasteiger partial charge in [0.25, 0.3) is 8.32 Å². The average Bonchev–Trinajstić information content (AvgIpc) is 3.49. The highest BCUT2D eigenvalue weighted by Crippen LogP contribution is 2.40. The Hall–Kier alpha value is -3.19. The molecular formula is C40H51ClFN5O4Si. The number of anilines is 1. The average molecular weight is 748 g/mol. The Kier molecular flexibility index (Phi) is 10.9. The number of halogens is 2. The van der Waals surface area contributed by atoms with Gasteiger partial charge in [-0.05, 0) is 67.9 Å². The number of nitrogens with zero attached hydrogens (tertiary/aromatic N) is 5. The molecule has 3 aliphatic heterocycles. The molecule has 1 unspecified atom stereocenters. The van der Waals surface area contributed by atoms with E-state index >= 15 is 4.39 Å². The highest BCUT2D eigenvalue weighted by Gasteiger charge is 2.52. The van der Waals surface area contributed by atoms with Crippen LogP contribution in [0.2, 0.25) is 10.2 Å². The zero-order chi connectivity index (χ0) is 36.5. The summed E-state index contributed by atoms with van der Waals surface area (Å²) in [5, 5.41) is 2.65. The number of likely N-dealkylation sites (N-methyl/N-ethyl adjacent to an activating group) is 1. The van der Waals surface area contributed by atoms with Crippen molar-refractivity contribution in [3.05, 3.63) is 77.8 Å². The Morgan fingerprint density at radius 3 is 2.38 bits per heavy atom. The monoisotopic (exact) mass is 747 g/mol. The summed E-state index contributed by atoms with van der Waals surface area (Å²) < 4.78 is 41.8. The first-order valence-electron chi connectivity index (χ1n) is 18.6. The van der Waals surface area contributed by atoms with E-state index in [0.717, 1.165) is 58.2 Å². The molecule has 0 N–H and O–H groups in total. The molecule has 0 radical (unpaired) electrons. The number of hydrogen-bond donors (Lipinski definition) is 0. The number of aromatic nitrogens is 3. The summed E-state index contributed by atoms with van der Waals surface area (Å²) >= 11 is 6.17. The minimum absolute atomic E-state index is 0.0144. The van der Waals surface area contributed by atoms with Crippen LogP contribution in [0, 0.1) is 5.82 Å². The summed E-state index contributed by atoms with van der Waals surface area (Å²) in [6.07, 6.45) is 6.90. The van der Waals surface area contributed by atoms with Crippen LogP contribution < -0.4 is 20.0 Å². The smallest absolute Gasteiger partial charge is 0.319 e. The summed E-state index contributed by atoms with van der Waals surface area (Å²) in [7, 11) is -0.629. The number of piperidine rings is 1. The van der Waals surface area contributed by atoms with E-state index in [1.165, 1.54) is 10.4 Å². The Bertz CT molecular complexity index is 1790. The first-order chi connectivity index (χ1) is 25.0. The largest absolute Gasteiger partial charge is 0.462 e. The number of fused-ring (bicyclic) bond motifs is 1. The summed E-state index contributed by atoms with van der Waals surface area (Å²) in [5.41, 5.74) is -0.361. The summed E-state index contributed by atoms with van der Waals surface area (Å²) in [6.45, 7) is 12.1. The molecule has 5 heterocycles. The van der Waals surface area contributed by atoms with Gasteiger partial charge in [0.2, 0.25) is 0 Å². The van der Waals surface area contributed by atoms with Crippen LogP contribution in [0.4, 0.5) is 10.2 Å². The number of rotatable bonds is 10. The van der Waals surface area contributed by atoms with Crippen LogP contribution in [0.25, 0.3) is 10.9 Å². The van der Waals surface area contributed by atoms with E-state index < -0.39 is 19.7 Å². The molecule has 278 valence electrons. The highest BCUT2D eigenvalue weighted by molar-refractivity contribution is 6.99. The quantitative estimate of drug-likeness (QED) is 0.129. The van der Waals surface area contributed by atoms with Gasteiger partial charge in [0.1, 0.15) is 17.9 Å². The van der Waals surface area contributed by atoms with Gasteiger partial charge in [0, 0.05) is 38.5 Å². The molecule has 0 amide bonds. The fraction of sp³-hybridized carbons (Fsp3) is 0.525. The molecule has 4 atom stereocenters. The van der Waals surface area contributed by atoms with Crippen molar-refractivity contribution in [3.63, 3.8) is 0 Å². The van der Waals surface area contributed by atoms with Crippen LogP contribution in [0.5, 0.6) is 6.01 Å². The van der Waals surface area contributed by atoms with Gasteiger partial charge in [0.15, 0.2) is 17.3 Å². The fourth-order valence-corrected chi connectivity index (χ4v) is 13.2. The van der Waals surface area contributed by atoms with Crippen LogP contribution in [-0.4, -0.2) is 92.1 Å². The Morgan fingerprint density at radius 2 is 1.73 bits per heavy atom. The van der Waals surface area contributed by atoms with Gasteiger partial charge < -0.3 is 23.5 Å². The van der Waals surface area contributed by atoms with Gasteiger partial charge in [-0.25, -0.2) is 9.37 Å². The lowest BCUT2D eigenvalue weighted by Gasteiger charge is -2.44. The molecule has 2 aromatic heterocycles. The van der Waals surface area contributed by atoms with E-state index in [1.807, 2.05) is 0 Å². The Morgan fingerprint density at radius 1 is 1.02 bits per heavy atom. The lowest BCUT2D eigenvalue weighted by Crippen LogP contribution is -2.67. The third kappa shape index (κ3) is 7.58. The minimum Gasteiger partial charge on any atom is -0.462 e. The van der Waals surface area contributed by atoms with Crippen molar-refractivity contribution >= 4 is 47.0 Å². The number of pyridine rings is 1. The molecule has 0 aliphatic carbocycles. The van der Waals surface area contributed by atoms with E-state index in [2.05, 4.69) is 115 Å². The Labute approximate surface area is 312 Å². The van der Waals surface area contributed by atoms with E-state index in [-0.39, 0.29) is 40.2 Å². The number of likely N-dealkylation sites (tertiary alicyclic amines) is 1. The maximum absolute atomic E-state index is 15.6. The molecule has 3 saturated heterocycles. The van der Waals surface area contributed by atoms with Gasteiger partial charge in [-0.1, -0.05) is 93.0 Å². The highest BCUT2D eigenvalue weighted by atomic mass is 35.5. The van der Waals surface area contributed by atoms with Gasteiger partial charge in [0.05, 0.1) is 17.1 Å². The maximum atomic E-state index is 15.6. The van der Waals surface area contributed by atoms with Crippen molar-refractivity contribution in [2.45, 2.75) is 95.3 Å². The Balaban J connectivity index is 1.12. The van der Waals surface area contributed by atoms with Crippen molar-refractivity contribution < 1.29 is 23.0 Å². The SMILES string of the molecule is CN1C[C@H](O[Si](c2ccccc2)(c2ccccc2)C(C)(C)C)C[C@H]1COc1nc(N2CCC[C@](C)(OC3CCCCO3)C2)c2cnc(Cl)c(F)c2n1. The van der Waals surface area contributed by atoms with Crippen molar-refractivity contribution in [2.75, 3.05) is 44.8 Å². The van der Waals surface area contributed by atoms with Gasteiger partial charge in [-0.15, -0.1) is 0 Å². The van der Waals surface area contributed by atoms with Crippen LogP contribution in [0.15, 0.2) is 66.9 Å². The van der Waals surface area contributed by atoms with Crippen molar-refractivity contribution in [1.82, 2.24) is 19.9 Å². The van der Waals surface area contributed by atoms with Crippen molar-refractivity contribution in [1.29, 1.82) is 0 Å². The summed E-state index contributed by atoms with van der Waals surface area (Å²) in [6, 6.07) is 21.6. The van der Waals surface area contributed by atoms with Crippen molar-refractivity contribution in [2.24, 2.45) is 0 Å². The standard InChI is InChI=1S/C40H51ClFN5O4Si/c1-39(2,3)52(30-15-8-6-9-16-30,31-17-10-7-11-18-31)51-29-23-28(46(5)25-29)26-49-38-44-35-32(24-43-36(41)34(35)42)37(45-38)47-21-14-20-40(4,27-47)50-33-19-12-13-22-48-33/h6-11,15-18,24,28-29,33H,12-14,19-23,25-27H2,1-5H3/t28-,29+,33?,40-/m0/s1. The van der Waals surface area contributed by atoms with Gasteiger partial charge in [-0.3, -0.25) is 4.90 Å². The molecule has 3 fully saturated rings. The minimum atomic E-state index is -2.73. The van der Waals surface area contributed by atoms with E-state index in [9.17, 15) is 0 Å². The molecular weight excluding hydrogens is 697 g/mol. The molecule has 9 nitrogen and oxygen atoms in total. The number of ether oxygens (including phenoxy) is 3. The predicted octanol–water partition coefficient (Wildman–Crippen LogP) is 6.75. The van der Waals surface area contributed by atoms with Crippen LogP contribution in [0.1, 0.15) is 66.2 Å². The zero-order valence-corrected chi connectivity index (χ0v) is 32.7. The van der Waals surface area contributed by atoms with Crippen LogP contribution in [0.3, 0.4) is 0 Å². The lowest BCUT2D eigenvalue weighted by atomic mass is 9.94. The lowest BCUT2D eigenvalue weighted by molar-refractivity contribution is -0.221. The van der Waals surface area contributed by atoms with E-state index in [1.54, 1.807) is 6.20 Å².